The van der Waals surface area contributed by atoms with Crippen LogP contribution in [-0.2, 0) is 11.3 Å². The standard InChI is InChI=1S/C16H18ClN3O2S/c1-18-16(22)19-15(21)14(11-6-4-3-5-7-11)20(2)10-12-8-9-13(17)23-12/h3-9,14H,10H2,1-2H3,(H2,18,19,21,22)/p+1/t14-/m1/s1. The van der Waals surface area contributed by atoms with Crippen LogP contribution in [0.3, 0.4) is 0 Å². The normalized spacial score (nSPS) is 13.2. The van der Waals surface area contributed by atoms with Crippen molar-refractivity contribution in [3.63, 3.8) is 0 Å². The van der Waals surface area contributed by atoms with E-state index in [9.17, 15) is 9.59 Å². The molecule has 0 aliphatic rings. The van der Waals surface area contributed by atoms with Crippen molar-refractivity contribution in [2.45, 2.75) is 12.6 Å². The molecule has 0 aliphatic heterocycles. The summed E-state index contributed by atoms with van der Waals surface area (Å²) in [6.07, 6.45) is 0. The first-order valence-electron chi connectivity index (χ1n) is 7.15. The summed E-state index contributed by atoms with van der Waals surface area (Å²) in [5, 5.41) is 4.77. The van der Waals surface area contributed by atoms with Gasteiger partial charge in [0.25, 0.3) is 5.91 Å². The number of amides is 3. The smallest absolute Gasteiger partial charge is 0.321 e. The number of imide groups is 1. The van der Waals surface area contributed by atoms with E-state index < -0.39 is 12.1 Å². The first-order valence-corrected chi connectivity index (χ1v) is 8.34. The van der Waals surface area contributed by atoms with Gasteiger partial charge >= 0.3 is 6.03 Å². The lowest BCUT2D eigenvalue weighted by Gasteiger charge is -2.23. The van der Waals surface area contributed by atoms with Crippen LogP contribution in [0.25, 0.3) is 0 Å². The monoisotopic (exact) mass is 352 g/mol. The average Bonchev–Trinajstić information content (AvgIpc) is 2.93. The molecule has 0 saturated heterocycles. The second-order valence-electron chi connectivity index (χ2n) is 5.14. The Morgan fingerprint density at radius 3 is 2.48 bits per heavy atom. The fraction of sp³-hybridized carbons (Fsp3) is 0.250. The number of carbonyl (C=O) groups is 2. The van der Waals surface area contributed by atoms with Gasteiger partial charge in [0.05, 0.1) is 16.3 Å². The first kappa shape index (κ1) is 17.5. The summed E-state index contributed by atoms with van der Waals surface area (Å²) < 4.78 is 0.721. The van der Waals surface area contributed by atoms with E-state index >= 15 is 0 Å². The molecule has 7 heteroatoms. The number of hydrogen-bond acceptors (Lipinski definition) is 3. The summed E-state index contributed by atoms with van der Waals surface area (Å²) in [4.78, 5) is 26.0. The second-order valence-corrected chi connectivity index (χ2v) is 6.94. The first-order chi connectivity index (χ1) is 11.0. The van der Waals surface area contributed by atoms with Gasteiger partial charge in [0.1, 0.15) is 6.54 Å². The van der Waals surface area contributed by atoms with Gasteiger partial charge in [0, 0.05) is 12.6 Å². The molecular formula is C16H19ClN3O2S+. The van der Waals surface area contributed by atoms with Crippen molar-refractivity contribution in [1.82, 2.24) is 10.6 Å². The van der Waals surface area contributed by atoms with Crippen LogP contribution in [0.15, 0.2) is 42.5 Å². The van der Waals surface area contributed by atoms with E-state index in [0.717, 1.165) is 19.7 Å². The molecule has 3 N–H and O–H groups in total. The lowest BCUT2D eigenvalue weighted by Crippen LogP contribution is -3.09. The van der Waals surface area contributed by atoms with Crippen LogP contribution in [0, 0.1) is 0 Å². The van der Waals surface area contributed by atoms with Gasteiger partial charge in [-0.1, -0.05) is 41.9 Å². The zero-order chi connectivity index (χ0) is 16.8. The Morgan fingerprint density at radius 2 is 1.91 bits per heavy atom. The minimum absolute atomic E-state index is 0.337. The maximum Gasteiger partial charge on any atom is 0.321 e. The number of rotatable bonds is 5. The molecule has 2 atom stereocenters. The second kappa shape index (κ2) is 8.10. The van der Waals surface area contributed by atoms with E-state index in [0.29, 0.717) is 6.54 Å². The fourth-order valence-electron chi connectivity index (χ4n) is 2.38. The molecule has 2 aromatic rings. The molecule has 0 spiro atoms. The number of likely N-dealkylation sites (N-methyl/N-ethyl adjacent to an activating group) is 1. The van der Waals surface area contributed by atoms with Crippen LogP contribution in [0.4, 0.5) is 4.79 Å². The van der Waals surface area contributed by atoms with Crippen LogP contribution in [0.5, 0.6) is 0 Å². The van der Waals surface area contributed by atoms with Crippen molar-refractivity contribution in [1.29, 1.82) is 0 Å². The van der Waals surface area contributed by atoms with E-state index in [1.807, 2.05) is 49.5 Å². The molecule has 1 aromatic carbocycles. The number of benzene rings is 1. The highest BCUT2D eigenvalue weighted by molar-refractivity contribution is 7.16. The molecule has 2 rings (SSSR count). The SMILES string of the molecule is CNC(=O)NC(=O)[C@@H](c1ccccc1)[NH+](C)Cc1ccc(Cl)s1. The molecule has 0 bridgehead atoms. The highest BCUT2D eigenvalue weighted by atomic mass is 35.5. The van der Waals surface area contributed by atoms with Crippen molar-refractivity contribution < 1.29 is 14.5 Å². The van der Waals surface area contributed by atoms with Crippen LogP contribution < -0.4 is 15.5 Å². The molecule has 1 aromatic heterocycles. The zero-order valence-corrected chi connectivity index (χ0v) is 14.5. The number of carbonyl (C=O) groups excluding carboxylic acids is 2. The van der Waals surface area contributed by atoms with Crippen molar-refractivity contribution in [3.8, 4) is 0 Å². The molecule has 1 heterocycles. The van der Waals surface area contributed by atoms with Gasteiger partial charge < -0.3 is 10.2 Å². The Hall–Kier alpha value is -1.89. The molecule has 0 radical (unpaired) electrons. The number of nitrogens with one attached hydrogen (secondary N) is 3. The third-order valence-electron chi connectivity index (χ3n) is 3.43. The number of quaternary nitrogens is 1. The maximum atomic E-state index is 12.5. The number of halogens is 1. The molecule has 23 heavy (non-hydrogen) atoms. The minimum Gasteiger partial charge on any atom is -0.341 e. The summed E-state index contributed by atoms with van der Waals surface area (Å²) in [6, 6.07) is 12.2. The molecular weight excluding hydrogens is 334 g/mol. The van der Waals surface area contributed by atoms with Crippen LogP contribution in [-0.4, -0.2) is 26.0 Å². The summed E-state index contributed by atoms with van der Waals surface area (Å²) in [6.45, 7) is 0.637. The molecule has 0 saturated carbocycles. The maximum absolute atomic E-state index is 12.5. The van der Waals surface area contributed by atoms with Gasteiger partial charge in [-0.05, 0) is 12.1 Å². The predicted molar refractivity (Wildman–Crippen MR) is 91.7 cm³/mol. The fourth-order valence-corrected chi connectivity index (χ4v) is 3.56. The van der Waals surface area contributed by atoms with E-state index in [1.54, 1.807) is 0 Å². The third-order valence-corrected chi connectivity index (χ3v) is 4.66. The van der Waals surface area contributed by atoms with Crippen molar-refractivity contribution in [2.75, 3.05) is 14.1 Å². The number of hydrogen-bond donors (Lipinski definition) is 3. The van der Waals surface area contributed by atoms with E-state index in [-0.39, 0.29) is 5.91 Å². The Morgan fingerprint density at radius 1 is 1.22 bits per heavy atom. The van der Waals surface area contributed by atoms with Crippen molar-refractivity contribution in [3.05, 3.63) is 57.2 Å². The molecule has 122 valence electrons. The van der Waals surface area contributed by atoms with E-state index in [2.05, 4.69) is 10.6 Å². The average molecular weight is 353 g/mol. The van der Waals surface area contributed by atoms with Gasteiger partial charge in [-0.15, -0.1) is 11.3 Å². The zero-order valence-electron chi connectivity index (χ0n) is 12.9. The highest BCUT2D eigenvalue weighted by Crippen LogP contribution is 2.21. The van der Waals surface area contributed by atoms with Crippen LogP contribution in [0.2, 0.25) is 4.34 Å². The van der Waals surface area contributed by atoms with E-state index in [1.165, 1.54) is 18.4 Å². The molecule has 1 unspecified atom stereocenters. The lowest BCUT2D eigenvalue weighted by atomic mass is 10.0. The summed E-state index contributed by atoms with van der Waals surface area (Å²) in [5.74, 6) is -0.337. The molecule has 0 aliphatic carbocycles. The van der Waals surface area contributed by atoms with Crippen LogP contribution in [0.1, 0.15) is 16.5 Å². The topological polar surface area (TPSA) is 62.6 Å². The van der Waals surface area contributed by atoms with Gasteiger partial charge in [-0.2, -0.15) is 0 Å². The Bertz CT molecular complexity index is 675. The Balaban J connectivity index is 2.22. The molecule has 3 amide bonds. The van der Waals surface area contributed by atoms with Crippen molar-refractivity contribution >= 4 is 34.9 Å². The summed E-state index contributed by atoms with van der Waals surface area (Å²) >= 11 is 7.46. The quantitative estimate of drug-likeness (QED) is 0.765. The van der Waals surface area contributed by atoms with Gasteiger partial charge in [-0.3, -0.25) is 10.1 Å². The molecule has 5 nitrogen and oxygen atoms in total. The number of thiophene rings is 1. The Labute approximate surface area is 144 Å². The van der Waals surface area contributed by atoms with Gasteiger partial charge in [0.15, 0.2) is 6.04 Å². The highest BCUT2D eigenvalue weighted by Gasteiger charge is 2.30. The van der Waals surface area contributed by atoms with E-state index in [4.69, 9.17) is 11.6 Å². The third kappa shape index (κ3) is 4.79. The van der Waals surface area contributed by atoms with Crippen LogP contribution >= 0.6 is 22.9 Å². The largest absolute Gasteiger partial charge is 0.341 e. The minimum atomic E-state index is -0.511. The van der Waals surface area contributed by atoms with Gasteiger partial charge in [0.2, 0.25) is 0 Å². The number of urea groups is 1. The lowest BCUT2D eigenvalue weighted by molar-refractivity contribution is -0.915. The summed E-state index contributed by atoms with van der Waals surface area (Å²) in [5.41, 5.74) is 0.856. The Kier molecular flexibility index (Phi) is 6.15. The van der Waals surface area contributed by atoms with Gasteiger partial charge in [-0.25, -0.2) is 4.79 Å². The predicted octanol–water partition coefficient (Wildman–Crippen LogP) is 1.61. The molecule has 0 fully saturated rings. The van der Waals surface area contributed by atoms with Crippen molar-refractivity contribution in [2.24, 2.45) is 0 Å². The summed E-state index contributed by atoms with van der Waals surface area (Å²) in [7, 11) is 3.40.